The second-order valence-corrected chi connectivity index (χ2v) is 4.38. The fourth-order valence-electron chi connectivity index (χ4n) is 1.92. The number of rotatable bonds is 4. The Hall–Kier alpha value is -2.77. The summed E-state index contributed by atoms with van der Waals surface area (Å²) in [6.45, 7) is 1.54. The number of methoxy groups -OCH3 is 1. The Kier molecular flexibility index (Phi) is 2.70. The molecule has 1 unspecified atom stereocenters. The van der Waals surface area contributed by atoms with Crippen LogP contribution in [0.15, 0.2) is 18.2 Å². The molecule has 0 aliphatic rings. The number of hydrogen-bond acceptors (Lipinski definition) is 5. The molecular formula is C12H13N5O3. The van der Waals surface area contributed by atoms with E-state index in [0.717, 1.165) is 16.8 Å². The van der Waals surface area contributed by atoms with E-state index in [0.29, 0.717) is 11.7 Å². The summed E-state index contributed by atoms with van der Waals surface area (Å²) in [6, 6.07) is 4.75. The third-order valence-corrected chi connectivity index (χ3v) is 3.00. The van der Waals surface area contributed by atoms with E-state index in [1.54, 1.807) is 11.6 Å². The number of aromatic amines is 1. The molecule has 8 heteroatoms. The number of fused-ring (bicyclic) bond motifs is 3. The zero-order valence-electron chi connectivity index (χ0n) is 10.9. The van der Waals surface area contributed by atoms with Crippen LogP contribution >= 0.6 is 0 Å². The van der Waals surface area contributed by atoms with Crippen LogP contribution in [-0.4, -0.2) is 43.8 Å². The predicted octanol–water partition coefficient (Wildman–Crippen LogP) is 1.10. The van der Waals surface area contributed by atoms with Crippen LogP contribution < -0.4 is 10.1 Å². The van der Waals surface area contributed by atoms with Gasteiger partial charge in [-0.1, -0.05) is 0 Å². The number of aliphatic carboxylic acids is 1. The average molecular weight is 275 g/mol. The molecule has 0 amide bonds. The maximum absolute atomic E-state index is 10.8. The van der Waals surface area contributed by atoms with Gasteiger partial charge < -0.3 is 15.2 Å². The number of hydrogen-bond donors (Lipinski definition) is 3. The van der Waals surface area contributed by atoms with Crippen molar-refractivity contribution in [2.45, 2.75) is 13.0 Å². The fraction of sp³-hybridized carbons (Fsp3) is 0.250. The minimum absolute atomic E-state index is 0.361. The summed E-state index contributed by atoms with van der Waals surface area (Å²) in [7, 11) is 1.59. The lowest BCUT2D eigenvalue weighted by molar-refractivity contribution is -0.137. The first-order valence-corrected chi connectivity index (χ1v) is 6.00. The van der Waals surface area contributed by atoms with Gasteiger partial charge in [0.2, 0.25) is 5.95 Å². The molecule has 0 radical (unpaired) electrons. The van der Waals surface area contributed by atoms with Gasteiger partial charge in [-0.3, -0.25) is 9.89 Å². The lowest BCUT2D eigenvalue weighted by Gasteiger charge is -2.06. The highest BCUT2D eigenvalue weighted by molar-refractivity contribution is 5.81. The Labute approximate surface area is 113 Å². The van der Waals surface area contributed by atoms with Crippen molar-refractivity contribution >= 4 is 28.7 Å². The van der Waals surface area contributed by atoms with E-state index < -0.39 is 12.0 Å². The van der Waals surface area contributed by atoms with E-state index in [1.807, 2.05) is 18.2 Å². The molecule has 3 aromatic rings. The van der Waals surface area contributed by atoms with Crippen molar-refractivity contribution in [2.24, 2.45) is 0 Å². The van der Waals surface area contributed by atoms with Gasteiger partial charge in [-0.2, -0.15) is 4.98 Å². The molecule has 2 aromatic heterocycles. The Bertz CT molecular complexity index is 791. The van der Waals surface area contributed by atoms with Crippen molar-refractivity contribution in [3.05, 3.63) is 18.2 Å². The van der Waals surface area contributed by atoms with Crippen molar-refractivity contribution in [1.82, 2.24) is 19.6 Å². The smallest absolute Gasteiger partial charge is 0.325 e. The zero-order valence-corrected chi connectivity index (χ0v) is 10.9. The number of imidazole rings is 1. The third kappa shape index (κ3) is 1.91. The van der Waals surface area contributed by atoms with Crippen molar-refractivity contribution in [3.63, 3.8) is 0 Å². The van der Waals surface area contributed by atoms with Gasteiger partial charge in [0.25, 0.3) is 5.78 Å². The molecular weight excluding hydrogens is 262 g/mol. The van der Waals surface area contributed by atoms with Gasteiger partial charge >= 0.3 is 5.97 Å². The van der Waals surface area contributed by atoms with Crippen LogP contribution in [0.1, 0.15) is 6.92 Å². The number of carbonyl (C=O) groups is 1. The van der Waals surface area contributed by atoms with Gasteiger partial charge in [-0.15, -0.1) is 0 Å². The number of ether oxygens (including phenoxy) is 1. The predicted molar refractivity (Wildman–Crippen MR) is 72.1 cm³/mol. The summed E-state index contributed by atoms with van der Waals surface area (Å²) in [5.74, 6) is 0.596. The van der Waals surface area contributed by atoms with Gasteiger partial charge in [-0.05, 0) is 19.1 Å². The molecule has 1 atom stereocenters. The number of aromatic nitrogens is 4. The molecule has 0 bridgehead atoms. The Morgan fingerprint density at radius 2 is 2.30 bits per heavy atom. The monoisotopic (exact) mass is 275 g/mol. The average Bonchev–Trinajstić information content (AvgIpc) is 2.94. The summed E-state index contributed by atoms with van der Waals surface area (Å²) in [4.78, 5) is 19.4. The number of carboxylic acids is 1. The van der Waals surface area contributed by atoms with Crippen LogP contribution in [0.4, 0.5) is 5.95 Å². The highest BCUT2D eigenvalue weighted by Crippen LogP contribution is 2.21. The van der Waals surface area contributed by atoms with Crippen LogP contribution in [0.3, 0.4) is 0 Å². The van der Waals surface area contributed by atoms with Gasteiger partial charge in [0, 0.05) is 6.07 Å². The van der Waals surface area contributed by atoms with Gasteiger partial charge in [0.05, 0.1) is 18.1 Å². The molecule has 104 valence electrons. The molecule has 0 spiro atoms. The number of anilines is 1. The Balaban J connectivity index is 2.02. The molecule has 2 heterocycles. The number of H-pyrrole nitrogens is 1. The van der Waals surface area contributed by atoms with E-state index in [9.17, 15) is 4.79 Å². The van der Waals surface area contributed by atoms with Crippen LogP contribution in [0, 0.1) is 0 Å². The second-order valence-electron chi connectivity index (χ2n) is 4.38. The summed E-state index contributed by atoms with van der Waals surface area (Å²) >= 11 is 0. The number of nitrogens with zero attached hydrogens (tertiary/aromatic N) is 3. The van der Waals surface area contributed by atoms with E-state index in [2.05, 4.69) is 20.4 Å². The standard InChI is InChI=1S/C12H13N5O3/c1-6(10(18)19)13-11-15-12-14-8-5-7(20-2)3-4-9(8)17(12)16-11/h3-6H,1-2H3,(H,18,19)(H2,13,14,15,16). The Morgan fingerprint density at radius 3 is 3.00 bits per heavy atom. The first kappa shape index (κ1) is 12.3. The normalized spacial score (nSPS) is 12.7. The molecule has 0 fully saturated rings. The minimum atomic E-state index is -0.950. The minimum Gasteiger partial charge on any atom is -0.497 e. The zero-order chi connectivity index (χ0) is 14.3. The quantitative estimate of drug-likeness (QED) is 0.658. The second kappa shape index (κ2) is 4.41. The van der Waals surface area contributed by atoms with Crippen molar-refractivity contribution in [3.8, 4) is 5.75 Å². The molecule has 0 saturated carbocycles. The molecule has 8 nitrogen and oxygen atoms in total. The molecule has 0 saturated heterocycles. The fourth-order valence-corrected chi connectivity index (χ4v) is 1.92. The van der Waals surface area contributed by atoms with E-state index in [4.69, 9.17) is 9.84 Å². The van der Waals surface area contributed by atoms with E-state index >= 15 is 0 Å². The van der Waals surface area contributed by atoms with Crippen LogP contribution in [0.2, 0.25) is 0 Å². The van der Waals surface area contributed by atoms with Crippen molar-refractivity contribution < 1.29 is 14.6 Å². The number of nitrogens with one attached hydrogen (secondary N) is 2. The third-order valence-electron chi connectivity index (χ3n) is 3.00. The van der Waals surface area contributed by atoms with Crippen LogP contribution in [0.25, 0.3) is 16.8 Å². The highest BCUT2D eigenvalue weighted by atomic mass is 16.5. The Morgan fingerprint density at radius 1 is 1.50 bits per heavy atom. The lowest BCUT2D eigenvalue weighted by Crippen LogP contribution is -2.26. The molecule has 3 rings (SSSR count). The van der Waals surface area contributed by atoms with Crippen molar-refractivity contribution in [2.75, 3.05) is 12.4 Å². The summed E-state index contributed by atoms with van der Waals surface area (Å²) in [6.07, 6.45) is 0. The SMILES string of the molecule is COc1ccc2c(c1)nc1nc(NC(C)C(=O)O)[nH]n12. The summed E-state index contributed by atoms with van der Waals surface area (Å²) < 4.78 is 6.83. The van der Waals surface area contributed by atoms with Crippen LogP contribution in [-0.2, 0) is 4.79 Å². The summed E-state index contributed by atoms with van der Waals surface area (Å²) in [5.41, 5.74) is 1.59. The largest absolute Gasteiger partial charge is 0.497 e. The molecule has 0 aliphatic heterocycles. The topological polar surface area (TPSA) is 105 Å². The molecule has 1 aromatic carbocycles. The summed E-state index contributed by atoms with van der Waals surface area (Å²) in [5, 5.41) is 14.6. The van der Waals surface area contributed by atoms with E-state index in [-0.39, 0.29) is 0 Å². The maximum Gasteiger partial charge on any atom is 0.325 e. The number of benzene rings is 1. The lowest BCUT2D eigenvalue weighted by atomic mass is 10.3. The highest BCUT2D eigenvalue weighted by Gasteiger charge is 2.15. The van der Waals surface area contributed by atoms with Crippen LogP contribution in [0.5, 0.6) is 5.75 Å². The van der Waals surface area contributed by atoms with Gasteiger partial charge in [0.15, 0.2) is 0 Å². The maximum atomic E-state index is 10.8. The van der Waals surface area contributed by atoms with E-state index in [1.165, 1.54) is 6.92 Å². The first-order chi connectivity index (χ1) is 9.58. The number of carboxylic acid groups (broad SMARTS) is 1. The molecule has 0 aliphatic carbocycles. The van der Waals surface area contributed by atoms with Gasteiger partial charge in [-0.25, -0.2) is 9.50 Å². The molecule has 3 N–H and O–H groups in total. The molecule has 20 heavy (non-hydrogen) atoms. The van der Waals surface area contributed by atoms with Crippen molar-refractivity contribution in [1.29, 1.82) is 0 Å². The van der Waals surface area contributed by atoms with Gasteiger partial charge in [0.1, 0.15) is 11.8 Å². The first-order valence-electron chi connectivity index (χ1n) is 6.00.